The van der Waals surface area contributed by atoms with Crippen molar-refractivity contribution in [3.8, 4) is 0 Å². The highest BCUT2D eigenvalue weighted by Crippen LogP contribution is 2.24. The molecule has 0 spiro atoms. The number of esters is 1. The monoisotopic (exact) mass is 282 g/mol. The van der Waals surface area contributed by atoms with Gasteiger partial charge in [-0.15, -0.1) is 0 Å². The maximum atomic E-state index is 11.4. The highest BCUT2D eigenvalue weighted by Gasteiger charge is 2.25. The number of rotatable bonds is 2. The number of cyclic esters (lactones) is 1. The first-order valence-corrected chi connectivity index (χ1v) is 7.17. The molecule has 1 heterocycles. The molecule has 1 aliphatic rings. The number of carbonyl (C=O) groups is 1. The summed E-state index contributed by atoms with van der Waals surface area (Å²) in [6.07, 6.45) is 3.47. The van der Waals surface area contributed by atoms with E-state index in [1.54, 1.807) is 0 Å². The Balaban J connectivity index is 1.92. The smallest absolute Gasteiger partial charge is 0.309 e. The molecule has 2 atom stereocenters. The number of aryl methyl sites for hydroxylation is 1. The van der Waals surface area contributed by atoms with Gasteiger partial charge in [0.25, 0.3) is 0 Å². The van der Waals surface area contributed by atoms with E-state index in [1.807, 2.05) is 24.3 Å². The van der Waals surface area contributed by atoms with E-state index in [2.05, 4.69) is 31.2 Å². The third-order valence-corrected chi connectivity index (χ3v) is 3.86. The standard InChI is InChI=1S/C18H18O3/c1-12-6-7-13-4-2-3-5-17(13)16(12)9-8-15-10-14(19)11-18(20)21-15/h2-9,14-15,19H,10-11H2,1H3. The van der Waals surface area contributed by atoms with Gasteiger partial charge in [-0.1, -0.05) is 42.5 Å². The molecular formula is C18H18O3. The normalized spacial score (nSPS) is 22.7. The molecule has 0 bridgehead atoms. The van der Waals surface area contributed by atoms with E-state index in [0.717, 1.165) is 5.56 Å². The van der Waals surface area contributed by atoms with Crippen LogP contribution in [0.3, 0.4) is 0 Å². The predicted octanol–water partition coefficient (Wildman–Crippen LogP) is 3.23. The van der Waals surface area contributed by atoms with Crippen LogP contribution in [0.25, 0.3) is 16.8 Å². The molecule has 1 N–H and O–H groups in total. The molecule has 3 nitrogen and oxygen atoms in total. The topological polar surface area (TPSA) is 46.5 Å². The van der Waals surface area contributed by atoms with Crippen molar-refractivity contribution in [2.24, 2.45) is 0 Å². The van der Waals surface area contributed by atoms with Crippen molar-refractivity contribution in [2.45, 2.75) is 32.0 Å². The second-order valence-corrected chi connectivity index (χ2v) is 5.50. The van der Waals surface area contributed by atoms with Crippen LogP contribution < -0.4 is 0 Å². The summed E-state index contributed by atoms with van der Waals surface area (Å²) in [7, 11) is 0. The zero-order valence-corrected chi connectivity index (χ0v) is 12.0. The molecule has 1 saturated heterocycles. The van der Waals surface area contributed by atoms with Crippen LogP contribution >= 0.6 is 0 Å². The Morgan fingerprint density at radius 1 is 1.24 bits per heavy atom. The van der Waals surface area contributed by atoms with Crippen LogP contribution in [0.15, 0.2) is 42.5 Å². The lowest BCUT2D eigenvalue weighted by Gasteiger charge is -2.23. The van der Waals surface area contributed by atoms with Gasteiger partial charge in [0.1, 0.15) is 6.10 Å². The Hall–Kier alpha value is -2.13. The molecule has 2 aromatic rings. The first-order valence-electron chi connectivity index (χ1n) is 7.17. The van der Waals surface area contributed by atoms with Crippen molar-refractivity contribution in [3.63, 3.8) is 0 Å². The van der Waals surface area contributed by atoms with Gasteiger partial charge in [-0.05, 0) is 34.9 Å². The first-order chi connectivity index (χ1) is 10.1. The van der Waals surface area contributed by atoms with Crippen LogP contribution in [0, 0.1) is 6.92 Å². The first kappa shape index (κ1) is 13.8. The molecule has 2 unspecified atom stereocenters. The van der Waals surface area contributed by atoms with Gasteiger partial charge in [0, 0.05) is 6.42 Å². The number of aliphatic hydroxyl groups excluding tert-OH is 1. The fraction of sp³-hybridized carbons (Fsp3) is 0.278. The Bertz CT molecular complexity index is 703. The molecule has 0 aliphatic carbocycles. The van der Waals surface area contributed by atoms with Crippen molar-refractivity contribution in [1.29, 1.82) is 0 Å². The molecule has 0 amide bonds. The summed E-state index contributed by atoms with van der Waals surface area (Å²) in [5, 5.41) is 12.0. The average Bonchev–Trinajstić information content (AvgIpc) is 2.45. The second kappa shape index (κ2) is 5.70. The number of carbonyl (C=O) groups excluding carboxylic acids is 1. The van der Waals surface area contributed by atoms with Crippen molar-refractivity contribution in [1.82, 2.24) is 0 Å². The van der Waals surface area contributed by atoms with Crippen molar-refractivity contribution < 1.29 is 14.6 Å². The highest BCUT2D eigenvalue weighted by molar-refractivity contribution is 5.91. The van der Waals surface area contributed by atoms with Gasteiger partial charge in [-0.2, -0.15) is 0 Å². The van der Waals surface area contributed by atoms with Crippen LogP contribution in [0.1, 0.15) is 24.0 Å². The predicted molar refractivity (Wildman–Crippen MR) is 82.8 cm³/mol. The summed E-state index contributed by atoms with van der Waals surface area (Å²) >= 11 is 0. The van der Waals surface area contributed by atoms with E-state index >= 15 is 0 Å². The minimum absolute atomic E-state index is 0.0949. The van der Waals surface area contributed by atoms with Crippen LogP contribution in [-0.4, -0.2) is 23.3 Å². The van der Waals surface area contributed by atoms with Gasteiger partial charge >= 0.3 is 5.97 Å². The Kier molecular flexibility index (Phi) is 3.76. The lowest BCUT2D eigenvalue weighted by Crippen LogP contribution is -2.31. The van der Waals surface area contributed by atoms with E-state index in [4.69, 9.17) is 4.74 Å². The Labute approximate surface area is 123 Å². The number of ether oxygens (including phenoxy) is 1. The summed E-state index contributed by atoms with van der Waals surface area (Å²) in [5.74, 6) is -0.335. The van der Waals surface area contributed by atoms with Gasteiger partial charge < -0.3 is 9.84 Å². The fourth-order valence-electron chi connectivity index (χ4n) is 2.76. The van der Waals surface area contributed by atoms with Crippen molar-refractivity contribution in [3.05, 3.63) is 53.6 Å². The van der Waals surface area contributed by atoms with E-state index in [-0.39, 0.29) is 18.5 Å². The third kappa shape index (κ3) is 2.98. The van der Waals surface area contributed by atoms with Gasteiger partial charge in [0.05, 0.1) is 12.5 Å². The maximum Gasteiger partial charge on any atom is 0.309 e. The third-order valence-electron chi connectivity index (χ3n) is 3.86. The fourth-order valence-corrected chi connectivity index (χ4v) is 2.76. The lowest BCUT2D eigenvalue weighted by atomic mass is 9.98. The van der Waals surface area contributed by atoms with Crippen LogP contribution in [0.2, 0.25) is 0 Å². The molecule has 21 heavy (non-hydrogen) atoms. The van der Waals surface area contributed by atoms with Gasteiger partial charge in [-0.3, -0.25) is 4.79 Å². The van der Waals surface area contributed by atoms with E-state index < -0.39 is 6.10 Å². The molecule has 0 aromatic heterocycles. The van der Waals surface area contributed by atoms with Gasteiger partial charge in [-0.25, -0.2) is 0 Å². The van der Waals surface area contributed by atoms with Gasteiger partial charge in [0.2, 0.25) is 0 Å². The highest BCUT2D eigenvalue weighted by atomic mass is 16.5. The second-order valence-electron chi connectivity index (χ2n) is 5.50. The summed E-state index contributed by atoms with van der Waals surface area (Å²) in [5.41, 5.74) is 2.30. The van der Waals surface area contributed by atoms with Crippen LogP contribution in [0.4, 0.5) is 0 Å². The SMILES string of the molecule is Cc1ccc2ccccc2c1C=CC1CC(O)CC(=O)O1. The Morgan fingerprint density at radius 2 is 2.05 bits per heavy atom. The summed E-state index contributed by atoms with van der Waals surface area (Å²) < 4.78 is 5.24. The zero-order valence-electron chi connectivity index (χ0n) is 12.0. The molecule has 108 valence electrons. The molecule has 1 fully saturated rings. The number of aliphatic hydroxyl groups is 1. The van der Waals surface area contributed by atoms with E-state index in [1.165, 1.54) is 16.3 Å². The van der Waals surface area contributed by atoms with E-state index in [0.29, 0.717) is 6.42 Å². The quantitative estimate of drug-likeness (QED) is 0.860. The largest absolute Gasteiger partial charge is 0.458 e. The summed E-state index contributed by atoms with van der Waals surface area (Å²) in [4.78, 5) is 11.4. The maximum absolute atomic E-state index is 11.4. The average molecular weight is 282 g/mol. The van der Waals surface area contributed by atoms with Crippen molar-refractivity contribution >= 4 is 22.8 Å². The number of hydrogen-bond donors (Lipinski definition) is 1. The number of hydrogen-bond acceptors (Lipinski definition) is 3. The minimum Gasteiger partial charge on any atom is -0.458 e. The lowest BCUT2D eigenvalue weighted by molar-refractivity contribution is -0.156. The molecule has 1 aliphatic heterocycles. The zero-order chi connectivity index (χ0) is 14.8. The summed E-state index contributed by atoms with van der Waals surface area (Å²) in [6, 6.07) is 12.4. The summed E-state index contributed by atoms with van der Waals surface area (Å²) in [6.45, 7) is 2.06. The minimum atomic E-state index is -0.602. The number of benzene rings is 2. The van der Waals surface area contributed by atoms with Crippen LogP contribution in [-0.2, 0) is 9.53 Å². The Morgan fingerprint density at radius 3 is 2.86 bits per heavy atom. The van der Waals surface area contributed by atoms with Crippen LogP contribution in [0.5, 0.6) is 0 Å². The molecule has 0 saturated carbocycles. The van der Waals surface area contributed by atoms with Crippen molar-refractivity contribution in [2.75, 3.05) is 0 Å². The molecule has 3 rings (SSSR count). The molecule has 2 aromatic carbocycles. The molecular weight excluding hydrogens is 264 g/mol. The van der Waals surface area contributed by atoms with E-state index in [9.17, 15) is 9.90 Å². The molecule has 0 radical (unpaired) electrons. The number of fused-ring (bicyclic) bond motifs is 1. The van der Waals surface area contributed by atoms with Gasteiger partial charge in [0.15, 0.2) is 0 Å². The molecule has 3 heteroatoms.